The lowest BCUT2D eigenvalue weighted by atomic mass is 10.0. The number of aromatic amines is 1. The number of hydrogen-bond donors (Lipinski definition) is 2. The van der Waals surface area contributed by atoms with Crippen LogP contribution in [0.4, 0.5) is 10.5 Å². The molecule has 2 amide bonds. The number of para-hydroxylation sites is 2. The smallest absolute Gasteiger partial charge is 0.415 e. The first-order valence-corrected chi connectivity index (χ1v) is 12.1. The maximum Gasteiger partial charge on any atom is 0.415 e. The number of aliphatic carboxylic acids is 1. The van der Waals surface area contributed by atoms with Gasteiger partial charge in [-0.3, -0.25) is 14.5 Å². The lowest BCUT2D eigenvalue weighted by molar-refractivity contribution is -0.141. The molecule has 0 bridgehead atoms. The summed E-state index contributed by atoms with van der Waals surface area (Å²) in [6, 6.07) is 12.4. The van der Waals surface area contributed by atoms with Gasteiger partial charge in [-0.2, -0.15) is 0 Å². The summed E-state index contributed by atoms with van der Waals surface area (Å²) >= 11 is 0. The molecule has 4 rings (SSSR count). The molecule has 1 aliphatic rings. The van der Waals surface area contributed by atoms with Crippen molar-refractivity contribution in [3.63, 3.8) is 0 Å². The Kier molecular flexibility index (Phi) is 7.01. The summed E-state index contributed by atoms with van der Waals surface area (Å²) in [6.45, 7) is 5.46. The third-order valence-electron chi connectivity index (χ3n) is 6.06. The minimum absolute atomic E-state index is 0.265. The van der Waals surface area contributed by atoms with E-state index in [0.717, 1.165) is 47.2 Å². The van der Waals surface area contributed by atoms with Gasteiger partial charge in [0.15, 0.2) is 0 Å². The molecule has 0 aliphatic carbocycles. The van der Waals surface area contributed by atoms with Gasteiger partial charge in [-0.1, -0.05) is 24.3 Å². The summed E-state index contributed by atoms with van der Waals surface area (Å²) in [5.41, 5.74) is 3.49. The molecule has 2 N–H and O–H groups in total. The monoisotopic (exact) mass is 492 g/mol. The quantitative estimate of drug-likeness (QED) is 0.530. The zero-order chi connectivity index (χ0) is 26.0. The van der Waals surface area contributed by atoms with Crippen LogP contribution in [0.3, 0.4) is 0 Å². The summed E-state index contributed by atoms with van der Waals surface area (Å²) < 4.78 is 5.57. The van der Waals surface area contributed by atoms with Crippen LogP contribution in [0.5, 0.6) is 0 Å². The van der Waals surface area contributed by atoms with E-state index in [1.807, 2.05) is 36.4 Å². The Balaban J connectivity index is 1.58. The molecule has 1 aromatic heterocycles. The van der Waals surface area contributed by atoms with E-state index in [0.29, 0.717) is 5.69 Å². The molecule has 1 atom stereocenters. The van der Waals surface area contributed by atoms with E-state index in [4.69, 9.17) is 4.74 Å². The van der Waals surface area contributed by atoms with Crippen LogP contribution in [0.15, 0.2) is 42.5 Å². The minimum Gasteiger partial charge on any atom is -0.481 e. The van der Waals surface area contributed by atoms with Gasteiger partial charge < -0.3 is 19.7 Å². The Morgan fingerprint density at radius 2 is 1.92 bits per heavy atom. The molecule has 1 aliphatic heterocycles. The number of likely N-dealkylation sites (N-methyl/N-ethyl adjacent to an activating group) is 1. The number of carbonyl (C=O) groups excluding carboxylic acids is 2. The van der Waals surface area contributed by atoms with E-state index in [9.17, 15) is 19.5 Å². The Morgan fingerprint density at radius 1 is 1.17 bits per heavy atom. The molecule has 0 saturated carbocycles. The Bertz CT molecular complexity index is 1260. The molecule has 36 heavy (non-hydrogen) atoms. The zero-order valence-electron chi connectivity index (χ0n) is 21.1. The number of fused-ring (bicyclic) bond motifs is 2. The molecule has 0 spiro atoms. The van der Waals surface area contributed by atoms with E-state index in [2.05, 4.69) is 9.97 Å². The van der Waals surface area contributed by atoms with Crippen LogP contribution in [0.25, 0.3) is 11.0 Å². The van der Waals surface area contributed by atoms with Crippen molar-refractivity contribution in [3.8, 4) is 0 Å². The van der Waals surface area contributed by atoms with Crippen molar-refractivity contribution >= 4 is 34.7 Å². The van der Waals surface area contributed by atoms with Crippen LogP contribution in [0, 0.1) is 0 Å². The number of nitrogens with one attached hydrogen (secondary N) is 1. The molecular weight excluding hydrogens is 460 g/mol. The topological polar surface area (TPSA) is 116 Å². The lowest BCUT2D eigenvalue weighted by Gasteiger charge is -2.32. The molecule has 3 aromatic rings. The highest BCUT2D eigenvalue weighted by atomic mass is 16.6. The van der Waals surface area contributed by atoms with E-state index in [1.54, 1.807) is 33.9 Å². The number of amides is 2. The number of hydrogen-bond acceptors (Lipinski definition) is 5. The minimum atomic E-state index is -1.19. The second-order valence-corrected chi connectivity index (χ2v) is 10.2. The fourth-order valence-corrected chi connectivity index (χ4v) is 4.49. The number of carboxylic acids is 1. The first-order valence-electron chi connectivity index (χ1n) is 12.1. The van der Waals surface area contributed by atoms with Gasteiger partial charge in [-0.25, -0.2) is 9.78 Å². The number of carboxylic acid groups (broad SMARTS) is 1. The van der Waals surface area contributed by atoms with Gasteiger partial charge in [-0.05, 0) is 62.9 Å². The number of benzene rings is 2. The van der Waals surface area contributed by atoms with Gasteiger partial charge in [0.2, 0.25) is 5.91 Å². The molecule has 0 radical (unpaired) electrons. The number of nitrogens with zero attached hydrogens (tertiary/aromatic N) is 3. The van der Waals surface area contributed by atoms with Gasteiger partial charge in [0.1, 0.15) is 17.5 Å². The highest BCUT2D eigenvalue weighted by Crippen LogP contribution is 2.32. The van der Waals surface area contributed by atoms with Gasteiger partial charge in [0.25, 0.3) is 0 Å². The lowest BCUT2D eigenvalue weighted by Crippen LogP contribution is -2.50. The Labute approximate surface area is 210 Å². The molecule has 9 nitrogen and oxygen atoms in total. The van der Waals surface area contributed by atoms with Crippen LogP contribution in [-0.2, 0) is 33.7 Å². The highest BCUT2D eigenvalue weighted by molar-refractivity contribution is 6.01. The summed E-state index contributed by atoms with van der Waals surface area (Å²) in [4.78, 5) is 48.5. The van der Waals surface area contributed by atoms with E-state index in [-0.39, 0.29) is 6.54 Å². The maximum absolute atomic E-state index is 13.2. The summed E-state index contributed by atoms with van der Waals surface area (Å²) in [5, 5.41) is 9.47. The predicted molar refractivity (Wildman–Crippen MR) is 136 cm³/mol. The Morgan fingerprint density at radius 3 is 2.61 bits per heavy atom. The highest BCUT2D eigenvalue weighted by Gasteiger charge is 2.40. The number of imidazole rings is 1. The first kappa shape index (κ1) is 25.2. The SMILES string of the molecule is CN1Cc2cc(CCCc3nc4ccccc4[nH]3)ccc2N(C(=O)OC(C)(C)C)C(CC(=O)O)C1=O. The standard InChI is InChI=1S/C27H32N4O5/c1-27(2,3)36-26(35)31-21-13-12-17(8-7-11-23-28-19-9-5-6-10-20(19)29-23)14-18(21)16-30(4)25(34)22(31)15-24(32)33/h5-6,9-10,12-14,22H,7-8,11,15-16H2,1-4H3,(H,28,29)(H,32,33). The fourth-order valence-electron chi connectivity index (χ4n) is 4.49. The number of ether oxygens (including phenoxy) is 1. The number of rotatable bonds is 6. The third kappa shape index (κ3) is 5.67. The largest absolute Gasteiger partial charge is 0.481 e. The van der Waals surface area contributed by atoms with Gasteiger partial charge in [0.05, 0.1) is 23.1 Å². The molecule has 9 heteroatoms. The fraction of sp³-hybridized carbons (Fsp3) is 0.407. The molecule has 2 heterocycles. The van der Waals surface area contributed by atoms with Crippen molar-refractivity contribution in [3.05, 3.63) is 59.4 Å². The number of aryl methyl sites for hydroxylation is 2. The molecule has 0 fully saturated rings. The second kappa shape index (κ2) is 10.0. The summed E-state index contributed by atoms with van der Waals surface area (Å²) in [6.07, 6.45) is 1.18. The van der Waals surface area contributed by atoms with Crippen molar-refractivity contribution in [2.45, 2.75) is 64.6 Å². The average molecular weight is 493 g/mol. The van der Waals surface area contributed by atoms with Crippen molar-refractivity contribution in [1.82, 2.24) is 14.9 Å². The summed E-state index contributed by atoms with van der Waals surface area (Å²) in [5.74, 6) is -0.671. The molecule has 1 unspecified atom stereocenters. The molecule has 0 saturated heterocycles. The van der Waals surface area contributed by atoms with Crippen molar-refractivity contribution < 1.29 is 24.2 Å². The number of carbonyl (C=O) groups is 3. The number of anilines is 1. The second-order valence-electron chi connectivity index (χ2n) is 10.2. The maximum atomic E-state index is 13.2. The van der Waals surface area contributed by atoms with E-state index < -0.39 is 36.0 Å². The number of aromatic nitrogens is 2. The van der Waals surface area contributed by atoms with Crippen molar-refractivity contribution in [1.29, 1.82) is 0 Å². The molecule has 2 aromatic carbocycles. The predicted octanol–water partition coefficient (Wildman–Crippen LogP) is 4.30. The van der Waals surface area contributed by atoms with Gasteiger partial charge in [0, 0.05) is 20.0 Å². The average Bonchev–Trinajstić information content (AvgIpc) is 3.16. The van der Waals surface area contributed by atoms with Crippen molar-refractivity contribution in [2.75, 3.05) is 11.9 Å². The summed E-state index contributed by atoms with van der Waals surface area (Å²) in [7, 11) is 1.62. The zero-order valence-corrected chi connectivity index (χ0v) is 21.1. The van der Waals surface area contributed by atoms with Crippen LogP contribution in [0.1, 0.15) is 50.6 Å². The van der Waals surface area contributed by atoms with E-state index in [1.165, 1.54) is 9.80 Å². The van der Waals surface area contributed by atoms with Crippen LogP contribution >= 0.6 is 0 Å². The van der Waals surface area contributed by atoms with Gasteiger partial charge >= 0.3 is 12.1 Å². The first-order chi connectivity index (χ1) is 17.0. The third-order valence-corrected chi connectivity index (χ3v) is 6.06. The molecular formula is C27H32N4O5. The van der Waals surface area contributed by atoms with Crippen molar-refractivity contribution in [2.24, 2.45) is 0 Å². The number of H-pyrrole nitrogens is 1. The molecule has 190 valence electrons. The normalized spacial score (nSPS) is 16.1. The van der Waals surface area contributed by atoms with E-state index >= 15 is 0 Å². The van der Waals surface area contributed by atoms with Crippen LogP contribution < -0.4 is 4.90 Å². The Hall–Kier alpha value is -3.88. The van der Waals surface area contributed by atoms with Gasteiger partial charge in [-0.15, -0.1) is 0 Å². The van der Waals surface area contributed by atoms with Crippen LogP contribution in [0.2, 0.25) is 0 Å². The van der Waals surface area contributed by atoms with Crippen LogP contribution in [-0.4, -0.2) is 56.6 Å².